The molecule has 2 aromatic rings. The average Bonchev–Trinajstić information content (AvgIpc) is 2.19. The van der Waals surface area contributed by atoms with Crippen molar-refractivity contribution in [1.29, 1.82) is 0 Å². The van der Waals surface area contributed by atoms with Crippen LogP contribution in [0.5, 0.6) is 0 Å². The molecule has 0 saturated heterocycles. The van der Waals surface area contributed by atoms with Gasteiger partial charge in [0.25, 0.3) is 0 Å². The first-order chi connectivity index (χ1) is 6.42. The number of aryl methyl sites for hydroxylation is 1. The van der Waals surface area contributed by atoms with Gasteiger partial charge in [0.15, 0.2) is 0 Å². The Balaban J connectivity index is 2.61. The minimum Gasteiger partial charge on any atom is -0.256 e. The molecule has 0 amide bonds. The maximum atomic E-state index is 4.32. The monoisotopic (exact) mass is 171 g/mol. The quantitative estimate of drug-likeness (QED) is 0.676. The largest absolute Gasteiger partial charge is 0.256 e. The van der Waals surface area contributed by atoms with E-state index in [9.17, 15) is 0 Å². The lowest BCUT2D eigenvalue weighted by atomic mass is 10.1. The second kappa shape index (κ2) is 3.56. The summed E-state index contributed by atoms with van der Waals surface area (Å²) in [5, 5.41) is 1.30. The summed E-state index contributed by atoms with van der Waals surface area (Å²) in [6, 6.07) is 10.4. The van der Waals surface area contributed by atoms with Gasteiger partial charge in [-0.2, -0.15) is 0 Å². The van der Waals surface area contributed by atoms with Crippen molar-refractivity contribution in [3.8, 4) is 0 Å². The predicted octanol–water partition coefficient (Wildman–Crippen LogP) is 3.19. The second-order valence-electron chi connectivity index (χ2n) is 3.24. The molecule has 0 aliphatic rings. The molecule has 1 aromatic heterocycles. The molecule has 1 nitrogen and oxygen atoms in total. The SMILES string of the molecule is CCCc1ccnc2ccccc12. The van der Waals surface area contributed by atoms with Crippen LogP contribution in [-0.4, -0.2) is 4.98 Å². The van der Waals surface area contributed by atoms with Gasteiger partial charge in [-0.25, -0.2) is 0 Å². The molecule has 1 aromatic carbocycles. The maximum absolute atomic E-state index is 4.32. The van der Waals surface area contributed by atoms with Gasteiger partial charge in [0.1, 0.15) is 0 Å². The summed E-state index contributed by atoms with van der Waals surface area (Å²) in [5.74, 6) is 0. The molecule has 0 atom stereocenters. The van der Waals surface area contributed by atoms with Gasteiger partial charge in [0, 0.05) is 11.6 Å². The third-order valence-electron chi connectivity index (χ3n) is 2.26. The summed E-state index contributed by atoms with van der Waals surface area (Å²) in [5.41, 5.74) is 2.52. The van der Waals surface area contributed by atoms with Crippen molar-refractivity contribution in [2.75, 3.05) is 0 Å². The molecular formula is C12H13N. The topological polar surface area (TPSA) is 12.9 Å². The fraction of sp³-hybridized carbons (Fsp3) is 0.250. The Morgan fingerprint density at radius 2 is 2.00 bits per heavy atom. The lowest BCUT2D eigenvalue weighted by Gasteiger charge is -2.03. The van der Waals surface area contributed by atoms with E-state index in [1.807, 2.05) is 12.3 Å². The third-order valence-corrected chi connectivity index (χ3v) is 2.26. The van der Waals surface area contributed by atoms with E-state index in [0.717, 1.165) is 11.9 Å². The zero-order chi connectivity index (χ0) is 9.10. The van der Waals surface area contributed by atoms with Crippen LogP contribution in [0, 0.1) is 0 Å². The summed E-state index contributed by atoms with van der Waals surface area (Å²) < 4.78 is 0. The van der Waals surface area contributed by atoms with Gasteiger partial charge in [-0.1, -0.05) is 31.5 Å². The fourth-order valence-corrected chi connectivity index (χ4v) is 1.64. The van der Waals surface area contributed by atoms with Crippen LogP contribution in [0.2, 0.25) is 0 Å². The molecule has 2 rings (SSSR count). The second-order valence-corrected chi connectivity index (χ2v) is 3.24. The molecule has 0 spiro atoms. The number of nitrogens with zero attached hydrogens (tertiary/aromatic N) is 1. The Morgan fingerprint density at radius 3 is 2.85 bits per heavy atom. The number of hydrogen-bond acceptors (Lipinski definition) is 1. The Morgan fingerprint density at radius 1 is 1.15 bits per heavy atom. The molecule has 1 heteroatoms. The molecular weight excluding hydrogens is 158 g/mol. The van der Waals surface area contributed by atoms with E-state index in [2.05, 4.69) is 36.2 Å². The minimum absolute atomic E-state index is 1.11. The molecule has 0 aliphatic heterocycles. The van der Waals surface area contributed by atoms with Crippen molar-refractivity contribution in [2.45, 2.75) is 19.8 Å². The summed E-state index contributed by atoms with van der Waals surface area (Å²) in [6.07, 6.45) is 4.23. The van der Waals surface area contributed by atoms with Gasteiger partial charge in [-0.3, -0.25) is 4.98 Å². The lowest BCUT2D eigenvalue weighted by Crippen LogP contribution is -1.87. The van der Waals surface area contributed by atoms with Crippen LogP contribution < -0.4 is 0 Å². The van der Waals surface area contributed by atoms with Crippen LogP contribution in [0.3, 0.4) is 0 Å². The number of hydrogen-bond donors (Lipinski definition) is 0. The van der Waals surface area contributed by atoms with Crippen LogP contribution in [-0.2, 0) is 6.42 Å². The van der Waals surface area contributed by atoms with Gasteiger partial charge in [-0.05, 0) is 24.1 Å². The van der Waals surface area contributed by atoms with E-state index in [4.69, 9.17) is 0 Å². The highest BCUT2D eigenvalue weighted by molar-refractivity contribution is 5.81. The molecule has 0 saturated carbocycles. The number of rotatable bonds is 2. The molecule has 0 N–H and O–H groups in total. The first-order valence-electron chi connectivity index (χ1n) is 4.74. The van der Waals surface area contributed by atoms with Gasteiger partial charge in [-0.15, -0.1) is 0 Å². The zero-order valence-corrected chi connectivity index (χ0v) is 7.83. The van der Waals surface area contributed by atoms with Gasteiger partial charge >= 0.3 is 0 Å². The van der Waals surface area contributed by atoms with Crippen molar-refractivity contribution in [3.05, 3.63) is 42.1 Å². The number of aromatic nitrogens is 1. The Kier molecular flexibility index (Phi) is 2.26. The maximum Gasteiger partial charge on any atom is 0.0704 e. The van der Waals surface area contributed by atoms with Gasteiger partial charge < -0.3 is 0 Å². The lowest BCUT2D eigenvalue weighted by molar-refractivity contribution is 0.928. The van der Waals surface area contributed by atoms with Crippen LogP contribution in [0.25, 0.3) is 10.9 Å². The average molecular weight is 171 g/mol. The van der Waals surface area contributed by atoms with E-state index in [0.29, 0.717) is 0 Å². The van der Waals surface area contributed by atoms with Crippen molar-refractivity contribution in [1.82, 2.24) is 4.98 Å². The van der Waals surface area contributed by atoms with E-state index >= 15 is 0 Å². The highest BCUT2D eigenvalue weighted by atomic mass is 14.6. The molecule has 13 heavy (non-hydrogen) atoms. The molecule has 66 valence electrons. The van der Waals surface area contributed by atoms with Crippen molar-refractivity contribution >= 4 is 10.9 Å². The van der Waals surface area contributed by atoms with Crippen LogP contribution in [0.1, 0.15) is 18.9 Å². The normalized spacial score (nSPS) is 10.5. The van der Waals surface area contributed by atoms with Crippen LogP contribution in [0.4, 0.5) is 0 Å². The predicted molar refractivity (Wildman–Crippen MR) is 55.7 cm³/mol. The number of fused-ring (bicyclic) bond motifs is 1. The Bertz CT molecular complexity index is 401. The summed E-state index contributed by atoms with van der Waals surface area (Å²) in [4.78, 5) is 4.32. The Labute approximate surface area is 78.4 Å². The number of pyridine rings is 1. The van der Waals surface area contributed by atoms with E-state index in [1.165, 1.54) is 17.4 Å². The van der Waals surface area contributed by atoms with E-state index < -0.39 is 0 Å². The summed E-state index contributed by atoms with van der Waals surface area (Å²) in [7, 11) is 0. The zero-order valence-electron chi connectivity index (χ0n) is 7.83. The highest BCUT2D eigenvalue weighted by Gasteiger charge is 1.98. The summed E-state index contributed by atoms with van der Waals surface area (Å²) >= 11 is 0. The van der Waals surface area contributed by atoms with Crippen LogP contribution in [0.15, 0.2) is 36.5 Å². The molecule has 0 fully saturated rings. The molecule has 0 bridgehead atoms. The van der Waals surface area contributed by atoms with Gasteiger partial charge in [0.2, 0.25) is 0 Å². The number of benzene rings is 1. The summed E-state index contributed by atoms with van der Waals surface area (Å²) in [6.45, 7) is 2.20. The molecule has 0 unspecified atom stereocenters. The van der Waals surface area contributed by atoms with Crippen molar-refractivity contribution < 1.29 is 0 Å². The fourth-order valence-electron chi connectivity index (χ4n) is 1.64. The first-order valence-corrected chi connectivity index (χ1v) is 4.74. The van der Waals surface area contributed by atoms with Crippen LogP contribution >= 0.6 is 0 Å². The van der Waals surface area contributed by atoms with Gasteiger partial charge in [0.05, 0.1) is 5.52 Å². The molecule has 0 radical (unpaired) electrons. The standard InChI is InChI=1S/C12H13N/c1-2-5-10-8-9-13-12-7-4-3-6-11(10)12/h3-4,6-9H,2,5H2,1H3. The van der Waals surface area contributed by atoms with E-state index in [1.54, 1.807) is 0 Å². The Hall–Kier alpha value is -1.37. The van der Waals surface area contributed by atoms with Crippen molar-refractivity contribution in [2.24, 2.45) is 0 Å². The minimum atomic E-state index is 1.11. The molecule has 1 heterocycles. The van der Waals surface area contributed by atoms with Crippen molar-refractivity contribution in [3.63, 3.8) is 0 Å². The van der Waals surface area contributed by atoms with E-state index in [-0.39, 0.29) is 0 Å². The third kappa shape index (κ3) is 1.55. The smallest absolute Gasteiger partial charge is 0.0704 e. The highest BCUT2D eigenvalue weighted by Crippen LogP contribution is 2.17. The first kappa shape index (κ1) is 8.24. The molecule has 0 aliphatic carbocycles. The number of para-hydroxylation sites is 1.